The minimum atomic E-state index is -1.66. The number of hydrogen-bond donors (Lipinski definition) is 8. The van der Waals surface area contributed by atoms with E-state index in [1.54, 1.807) is 0 Å². The van der Waals surface area contributed by atoms with Crippen molar-refractivity contribution in [3.63, 3.8) is 0 Å². The molecule has 1 amide bonds. The molecule has 368 valence electrons. The molecule has 0 unspecified atom stereocenters. The second kappa shape index (κ2) is 41.3. The van der Waals surface area contributed by atoms with E-state index in [0.717, 1.165) is 38.5 Å². The predicted molar refractivity (Wildman–Crippen MR) is 252 cm³/mol. The number of carbonyl (C=O) groups excluding carboxylic acids is 1. The number of rotatable bonds is 44. The zero-order chi connectivity index (χ0) is 45.5. The standard InChI is InChI=1S/C51H99NO10/c1-3-5-7-9-11-13-15-17-18-19-20-21-22-23-24-25-26-27-29-31-33-35-37-39-44(55)50(60)52-42(41-61-51-49(59)48(58)47(57)45(40-53)62-51)46(56)43(54)38-36-34-32-30-28-16-14-12-10-8-6-4-2/h30,32,42-49,51,53-59H,3-29,31,33-41H2,1-2H3,(H,52,60)/b32-30-/t42-,43+,44+,45+,46-,47+,48-,49+,51+/m0/s1. The van der Waals surface area contributed by atoms with Gasteiger partial charge in [0.2, 0.25) is 5.91 Å². The van der Waals surface area contributed by atoms with E-state index in [-0.39, 0.29) is 12.8 Å². The Morgan fingerprint density at radius 1 is 0.548 bits per heavy atom. The van der Waals surface area contributed by atoms with Crippen LogP contribution in [0.25, 0.3) is 0 Å². The van der Waals surface area contributed by atoms with Crippen LogP contribution in [-0.2, 0) is 14.3 Å². The van der Waals surface area contributed by atoms with Gasteiger partial charge in [0, 0.05) is 0 Å². The number of hydrogen-bond acceptors (Lipinski definition) is 10. The molecule has 62 heavy (non-hydrogen) atoms. The molecule has 0 aromatic carbocycles. The lowest BCUT2D eigenvalue weighted by atomic mass is 9.98. The van der Waals surface area contributed by atoms with Crippen molar-refractivity contribution in [2.24, 2.45) is 0 Å². The van der Waals surface area contributed by atoms with Gasteiger partial charge in [0.1, 0.15) is 36.6 Å². The van der Waals surface area contributed by atoms with Crippen molar-refractivity contribution in [2.75, 3.05) is 13.2 Å². The summed E-state index contributed by atoms with van der Waals surface area (Å²) in [4.78, 5) is 13.1. The number of amides is 1. The molecule has 1 aliphatic rings. The van der Waals surface area contributed by atoms with Crippen molar-refractivity contribution in [1.82, 2.24) is 5.32 Å². The van der Waals surface area contributed by atoms with Crippen LogP contribution in [0.4, 0.5) is 0 Å². The van der Waals surface area contributed by atoms with Crippen LogP contribution in [0.3, 0.4) is 0 Å². The molecule has 1 aliphatic heterocycles. The van der Waals surface area contributed by atoms with Crippen molar-refractivity contribution in [1.29, 1.82) is 0 Å². The fourth-order valence-corrected chi connectivity index (χ4v) is 8.50. The first-order chi connectivity index (χ1) is 30.2. The molecule has 1 fully saturated rings. The van der Waals surface area contributed by atoms with E-state index in [2.05, 4.69) is 31.3 Å². The van der Waals surface area contributed by atoms with Crippen molar-refractivity contribution in [3.8, 4) is 0 Å². The Morgan fingerprint density at radius 2 is 0.952 bits per heavy atom. The van der Waals surface area contributed by atoms with Crippen LogP contribution >= 0.6 is 0 Å². The molecule has 0 radical (unpaired) electrons. The summed E-state index contributed by atoms with van der Waals surface area (Å²) in [5.74, 6) is -0.703. The number of carbonyl (C=O) groups is 1. The molecule has 0 aromatic rings. The van der Waals surface area contributed by atoms with Gasteiger partial charge in [-0.05, 0) is 38.5 Å². The number of aliphatic hydroxyl groups is 7. The minimum absolute atomic E-state index is 0.259. The maximum absolute atomic E-state index is 13.1. The number of unbranched alkanes of at least 4 members (excludes halogenated alkanes) is 30. The number of allylic oxidation sites excluding steroid dienone is 2. The topological polar surface area (TPSA) is 189 Å². The Bertz CT molecular complexity index is 1020. The Kier molecular flexibility index (Phi) is 39.2. The van der Waals surface area contributed by atoms with Gasteiger partial charge in [-0.1, -0.05) is 212 Å². The van der Waals surface area contributed by atoms with Gasteiger partial charge in [-0.3, -0.25) is 4.79 Å². The monoisotopic (exact) mass is 886 g/mol. The Morgan fingerprint density at radius 3 is 1.39 bits per heavy atom. The van der Waals surface area contributed by atoms with Gasteiger partial charge in [-0.2, -0.15) is 0 Å². The lowest BCUT2D eigenvalue weighted by Gasteiger charge is -2.40. The fourth-order valence-electron chi connectivity index (χ4n) is 8.50. The Balaban J connectivity index is 2.32. The highest BCUT2D eigenvalue weighted by Crippen LogP contribution is 2.23. The third kappa shape index (κ3) is 30.1. The first-order valence-corrected chi connectivity index (χ1v) is 26.1. The Labute approximate surface area is 379 Å². The molecule has 11 nitrogen and oxygen atoms in total. The van der Waals surface area contributed by atoms with Gasteiger partial charge < -0.3 is 50.5 Å². The fraction of sp³-hybridized carbons (Fsp3) is 0.941. The SMILES string of the molecule is CCCCCCCCC/C=C\CCC[C@@H](O)[C@@H](O)[C@H](CO[C@@H]1O[C@H](CO)[C@@H](O)[C@H](O)[C@H]1O)NC(=O)[C@H](O)CCCCCCCCCCCCCCCCCCCCCCCCC. The van der Waals surface area contributed by atoms with Gasteiger partial charge in [0.15, 0.2) is 6.29 Å². The summed E-state index contributed by atoms with van der Waals surface area (Å²) < 4.78 is 11.1. The van der Waals surface area contributed by atoms with Crippen LogP contribution in [0.1, 0.15) is 239 Å². The number of nitrogens with one attached hydrogen (secondary N) is 1. The molecule has 0 aliphatic carbocycles. The molecule has 0 saturated carbocycles. The lowest BCUT2D eigenvalue weighted by molar-refractivity contribution is -0.303. The third-order valence-corrected chi connectivity index (χ3v) is 12.8. The van der Waals surface area contributed by atoms with E-state index in [4.69, 9.17) is 9.47 Å². The van der Waals surface area contributed by atoms with E-state index in [0.29, 0.717) is 12.8 Å². The zero-order valence-electron chi connectivity index (χ0n) is 39.9. The van der Waals surface area contributed by atoms with Crippen LogP contribution in [0.15, 0.2) is 12.2 Å². The van der Waals surface area contributed by atoms with E-state index in [1.165, 1.54) is 161 Å². The molecule has 0 aromatic heterocycles. The molecule has 0 spiro atoms. The number of aliphatic hydroxyl groups excluding tert-OH is 7. The third-order valence-electron chi connectivity index (χ3n) is 12.8. The molecule has 11 heteroatoms. The largest absolute Gasteiger partial charge is 0.394 e. The smallest absolute Gasteiger partial charge is 0.249 e. The van der Waals surface area contributed by atoms with Crippen molar-refractivity contribution < 1.29 is 50.0 Å². The first kappa shape index (κ1) is 58.9. The average molecular weight is 886 g/mol. The van der Waals surface area contributed by atoms with Crippen LogP contribution in [0.2, 0.25) is 0 Å². The molecule has 1 heterocycles. The first-order valence-electron chi connectivity index (χ1n) is 26.1. The minimum Gasteiger partial charge on any atom is -0.394 e. The highest BCUT2D eigenvalue weighted by atomic mass is 16.7. The van der Waals surface area contributed by atoms with Gasteiger partial charge in [0.05, 0.1) is 25.4 Å². The van der Waals surface area contributed by atoms with E-state index < -0.39 is 74.2 Å². The normalized spacial score (nSPS) is 21.3. The Hall–Kier alpha value is -1.15. The zero-order valence-corrected chi connectivity index (χ0v) is 39.9. The number of ether oxygens (including phenoxy) is 2. The van der Waals surface area contributed by atoms with Crippen molar-refractivity contribution >= 4 is 5.91 Å². The molecule has 9 atom stereocenters. The van der Waals surface area contributed by atoms with Crippen LogP contribution < -0.4 is 5.32 Å². The highest BCUT2D eigenvalue weighted by Gasteiger charge is 2.44. The quantitative estimate of drug-likeness (QED) is 0.0216. The summed E-state index contributed by atoms with van der Waals surface area (Å²) >= 11 is 0. The maximum atomic E-state index is 13.1. The van der Waals surface area contributed by atoms with E-state index in [1.807, 2.05) is 0 Å². The highest BCUT2D eigenvalue weighted by molar-refractivity contribution is 5.80. The summed E-state index contributed by atoms with van der Waals surface area (Å²) in [6, 6.07) is -1.18. The molecular formula is C51H99NO10. The van der Waals surface area contributed by atoms with E-state index in [9.17, 15) is 40.5 Å². The molecule has 1 saturated heterocycles. The summed E-state index contributed by atoms with van der Waals surface area (Å²) in [5, 5.41) is 75.7. The second-order valence-corrected chi connectivity index (χ2v) is 18.6. The van der Waals surface area contributed by atoms with Crippen molar-refractivity contribution in [3.05, 3.63) is 12.2 Å². The molecule has 8 N–H and O–H groups in total. The van der Waals surface area contributed by atoms with Crippen LogP contribution in [0.5, 0.6) is 0 Å². The lowest BCUT2D eigenvalue weighted by Crippen LogP contribution is -2.60. The maximum Gasteiger partial charge on any atom is 0.249 e. The van der Waals surface area contributed by atoms with Crippen LogP contribution in [0, 0.1) is 0 Å². The van der Waals surface area contributed by atoms with Crippen LogP contribution in [-0.4, -0.2) is 110 Å². The van der Waals surface area contributed by atoms with Gasteiger partial charge in [0.25, 0.3) is 0 Å². The molecular weight excluding hydrogens is 787 g/mol. The predicted octanol–water partition coefficient (Wildman–Crippen LogP) is 9.62. The summed E-state index contributed by atoms with van der Waals surface area (Å²) in [5.41, 5.74) is 0. The van der Waals surface area contributed by atoms with Gasteiger partial charge in [-0.15, -0.1) is 0 Å². The average Bonchev–Trinajstić information content (AvgIpc) is 3.27. The summed E-state index contributed by atoms with van der Waals surface area (Å²) in [7, 11) is 0. The van der Waals surface area contributed by atoms with Crippen molar-refractivity contribution in [2.45, 2.75) is 294 Å². The van der Waals surface area contributed by atoms with Gasteiger partial charge in [-0.25, -0.2) is 0 Å². The van der Waals surface area contributed by atoms with E-state index >= 15 is 0 Å². The molecule has 0 bridgehead atoms. The summed E-state index contributed by atoms with van der Waals surface area (Å²) in [6.07, 6.45) is 34.2. The second-order valence-electron chi connectivity index (χ2n) is 18.6. The summed E-state index contributed by atoms with van der Waals surface area (Å²) in [6.45, 7) is 3.43. The molecule has 1 rings (SSSR count). The van der Waals surface area contributed by atoms with Gasteiger partial charge >= 0.3 is 0 Å².